The number of likely N-dealkylation sites (tertiary alicyclic amines) is 1. The van der Waals surface area contributed by atoms with E-state index in [9.17, 15) is 19.2 Å². The van der Waals surface area contributed by atoms with Gasteiger partial charge >= 0.3 is 17.9 Å². The highest BCUT2D eigenvalue weighted by atomic mass is 16.4. The van der Waals surface area contributed by atoms with Gasteiger partial charge < -0.3 is 25.2 Å². The fourth-order valence-electron chi connectivity index (χ4n) is 4.15. The number of piperidine rings is 1. The van der Waals surface area contributed by atoms with Crippen LogP contribution in [0.1, 0.15) is 18.0 Å². The fraction of sp³-hybridized carbons (Fsp3) is 0.300. The van der Waals surface area contributed by atoms with E-state index in [0.29, 0.717) is 18.8 Å². The van der Waals surface area contributed by atoms with Gasteiger partial charge in [-0.15, -0.1) is 0 Å². The van der Waals surface area contributed by atoms with E-state index in [4.69, 9.17) is 5.11 Å². The van der Waals surface area contributed by atoms with Crippen LogP contribution in [0.2, 0.25) is 0 Å². The van der Waals surface area contributed by atoms with Crippen molar-refractivity contribution in [3.8, 4) is 0 Å². The maximum atomic E-state index is 12.9. The van der Waals surface area contributed by atoms with Crippen LogP contribution < -0.4 is 16.2 Å². The van der Waals surface area contributed by atoms with Crippen LogP contribution in [-0.4, -0.2) is 45.6 Å². The normalized spacial score (nSPS) is 19.8. The zero-order valence-electron chi connectivity index (χ0n) is 15.5. The van der Waals surface area contributed by atoms with Gasteiger partial charge in [0.05, 0.1) is 0 Å². The lowest BCUT2D eigenvalue weighted by Crippen LogP contribution is -2.51. The van der Waals surface area contributed by atoms with Crippen LogP contribution in [0.25, 0.3) is 0 Å². The third kappa shape index (κ3) is 3.71. The van der Waals surface area contributed by atoms with Crippen molar-refractivity contribution in [1.82, 2.24) is 9.47 Å². The number of amides is 3. The van der Waals surface area contributed by atoms with E-state index in [0.717, 1.165) is 12.1 Å². The summed E-state index contributed by atoms with van der Waals surface area (Å²) >= 11 is 0. The predicted molar refractivity (Wildman–Crippen MR) is 105 cm³/mol. The number of anilines is 2. The molecule has 2 atom stereocenters. The summed E-state index contributed by atoms with van der Waals surface area (Å²) in [5.41, 5.74) is 1.22. The Labute approximate surface area is 165 Å². The summed E-state index contributed by atoms with van der Waals surface area (Å²) in [6.07, 6.45) is 0.796. The first-order valence-electron chi connectivity index (χ1n) is 9.31. The van der Waals surface area contributed by atoms with Gasteiger partial charge in [-0.1, -0.05) is 18.2 Å². The van der Waals surface area contributed by atoms with E-state index < -0.39 is 17.9 Å². The Morgan fingerprint density at radius 3 is 2.45 bits per heavy atom. The molecule has 2 bridgehead atoms. The molecule has 3 N–H and O–H groups in total. The summed E-state index contributed by atoms with van der Waals surface area (Å²) in [5, 5.41) is 14.2. The lowest BCUT2D eigenvalue weighted by atomic mass is 9.83. The first kappa shape index (κ1) is 18.7. The van der Waals surface area contributed by atoms with Crippen molar-refractivity contribution >= 4 is 29.3 Å². The van der Waals surface area contributed by atoms with Crippen molar-refractivity contribution in [2.24, 2.45) is 5.92 Å². The number of urea groups is 1. The van der Waals surface area contributed by atoms with E-state index >= 15 is 0 Å². The van der Waals surface area contributed by atoms with Crippen molar-refractivity contribution in [3.05, 3.63) is 58.5 Å². The summed E-state index contributed by atoms with van der Waals surface area (Å²) < 4.78 is 1.62. The van der Waals surface area contributed by atoms with Gasteiger partial charge in [0, 0.05) is 36.9 Å². The molecule has 1 fully saturated rings. The number of hydrogen-bond acceptors (Lipinski definition) is 4. The van der Waals surface area contributed by atoms with Crippen molar-refractivity contribution in [3.63, 3.8) is 0 Å². The Kier molecular flexibility index (Phi) is 4.79. The number of fused-ring (bicyclic) bond motifs is 4. The average Bonchev–Trinajstić information content (AvgIpc) is 2.70. The third-order valence-electron chi connectivity index (χ3n) is 5.35. The quantitative estimate of drug-likeness (QED) is 0.665. The number of aromatic nitrogens is 1. The molecule has 0 spiro atoms. The molecule has 0 aliphatic carbocycles. The van der Waals surface area contributed by atoms with Crippen molar-refractivity contribution in [2.75, 3.05) is 23.7 Å². The van der Waals surface area contributed by atoms with Gasteiger partial charge in [0.15, 0.2) is 0 Å². The molecule has 4 rings (SSSR count). The monoisotopic (exact) mass is 396 g/mol. The topological polar surface area (TPSA) is 121 Å². The minimum Gasteiger partial charge on any atom is -0.474 e. The molecule has 2 aromatic rings. The number of benzene rings is 1. The second-order valence-corrected chi connectivity index (χ2v) is 7.35. The van der Waals surface area contributed by atoms with Gasteiger partial charge in [0.25, 0.3) is 5.56 Å². The summed E-state index contributed by atoms with van der Waals surface area (Å²) in [6, 6.07) is 11.7. The van der Waals surface area contributed by atoms with Crippen molar-refractivity contribution in [2.45, 2.75) is 18.9 Å². The number of aliphatic carboxylic acids is 1. The lowest BCUT2D eigenvalue weighted by Gasteiger charge is -2.42. The summed E-state index contributed by atoms with van der Waals surface area (Å²) in [6.45, 7) is 0.950. The largest absolute Gasteiger partial charge is 0.474 e. The maximum Gasteiger partial charge on any atom is 0.394 e. The van der Waals surface area contributed by atoms with E-state index in [1.54, 1.807) is 41.0 Å². The van der Waals surface area contributed by atoms with Crippen LogP contribution in [0.4, 0.5) is 16.2 Å². The van der Waals surface area contributed by atoms with Gasteiger partial charge in [-0.25, -0.2) is 9.59 Å². The Bertz CT molecular complexity index is 1030. The maximum absolute atomic E-state index is 12.9. The number of carbonyl (C=O) groups is 3. The lowest BCUT2D eigenvalue weighted by molar-refractivity contribution is -0.157. The summed E-state index contributed by atoms with van der Waals surface area (Å²) in [5.74, 6) is -2.49. The Morgan fingerprint density at radius 1 is 0.966 bits per heavy atom. The summed E-state index contributed by atoms with van der Waals surface area (Å²) in [7, 11) is 0. The van der Waals surface area contributed by atoms with Crippen LogP contribution >= 0.6 is 0 Å². The minimum absolute atomic E-state index is 0.00403. The Hall–Kier alpha value is -3.62. The van der Waals surface area contributed by atoms with Crippen molar-refractivity contribution < 1.29 is 19.5 Å². The summed E-state index contributed by atoms with van der Waals surface area (Å²) in [4.78, 5) is 49.3. The molecular weight excluding hydrogens is 376 g/mol. The third-order valence-corrected chi connectivity index (χ3v) is 5.35. The molecule has 3 amide bonds. The van der Waals surface area contributed by atoms with Gasteiger partial charge in [-0.05, 0) is 36.6 Å². The van der Waals surface area contributed by atoms with Crippen LogP contribution in [-0.2, 0) is 16.1 Å². The molecule has 9 heteroatoms. The zero-order chi connectivity index (χ0) is 20.5. The molecule has 3 heterocycles. The van der Waals surface area contributed by atoms with Gasteiger partial charge in [-0.3, -0.25) is 9.59 Å². The molecule has 2 aliphatic heterocycles. The second kappa shape index (κ2) is 7.42. The molecule has 2 unspecified atom stereocenters. The Balaban J connectivity index is 1.53. The number of carboxylic acid groups (broad SMARTS) is 1. The average molecular weight is 396 g/mol. The van der Waals surface area contributed by atoms with E-state index in [1.807, 2.05) is 6.07 Å². The Morgan fingerprint density at radius 2 is 1.72 bits per heavy atom. The molecule has 9 nitrogen and oxygen atoms in total. The molecule has 2 aliphatic rings. The SMILES string of the molecule is O=C(Nc1ccccc1)Nc1ccc2n(c1=O)CC1CC2CN(C(=O)C(=O)O)C1. The van der Waals surface area contributed by atoms with E-state index in [1.165, 1.54) is 4.90 Å². The smallest absolute Gasteiger partial charge is 0.394 e. The number of pyridine rings is 1. The molecular formula is C20H20N4O5. The first-order chi connectivity index (χ1) is 13.9. The number of para-hydroxylation sites is 1. The van der Waals surface area contributed by atoms with Crippen molar-refractivity contribution in [1.29, 1.82) is 0 Å². The number of nitrogens with zero attached hydrogens (tertiary/aromatic N) is 2. The number of nitrogens with one attached hydrogen (secondary N) is 2. The van der Waals surface area contributed by atoms with Gasteiger partial charge in [0.1, 0.15) is 5.69 Å². The highest BCUT2D eigenvalue weighted by Gasteiger charge is 2.38. The van der Waals surface area contributed by atoms with E-state index in [-0.39, 0.29) is 29.6 Å². The minimum atomic E-state index is -1.47. The first-order valence-corrected chi connectivity index (χ1v) is 9.31. The number of carbonyl (C=O) groups excluding carboxylic acids is 2. The number of carboxylic acids is 1. The van der Waals surface area contributed by atoms with Crippen LogP contribution in [0.15, 0.2) is 47.3 Å². The molecule has 1 aromatic carbocycles. The van der Waals surface area contributed by atoms with Gasteiger partial charge in [0.2, 0.25) is 0 Å². The van der Waals surface area contributed by atoms with Gasteiger partial charge in [-0.2, -0.15) is 0 Å². The zero-order valence-corrected chi connectivity index (χ0v) is 15.5. The highest BCUT2D eigenvalue weighted by molar-refractivity contribution is 6.31. The standard InChI is InChI=1S/C20H20N4O5/c25-17-15(22-20(29)21-14-4-2-1-3-5-14)6-7-16-13-8-12(10-24(16)17)9-23(11-13)18(26)19(27)28/h1-7,12-13H,8-11H2,(H,27,28)(H2,21,22,29). The molecule has 1 aromatic heterocycles. The predicted octanol–water partition coefficient (Wildman–Crippen LogP) is 1.52. The molecule has 150 valence electrons. The number of rotatable bonds is 2. The second-order valence-electron chi connectivity index (χ2n) is 7.35. The number of hydrogen-bond donors (Lipinski definition) is 3. The fourth-order valence-corrected chi connectivity index (χ4v) is 4.15. The van der Waals surface area contributed by atoms with Crippen LogP contribution in [0.3, 0.4) is 0 Å². The molecule has 0 radical (unpaired) electrons. The highest BCUT2D eigenvalue weighted by Crippen LogP contribution is 2.35. The molecule has 0 saturated carbocycles. The molecule has 1 saturated heterocycles. The molecule has 29 heavy (non-hydrogen) atoms. The van der Waals surface area contributed by atoms with Crippen LogP contribution in [0.5, 0.6) is 0 Å². The van der Waals surface area contributed by atoms with E-state index in [2.05, 4.69) is 10.6 Å². The van der Waals surface area contributed by atoms with Crippen LogP contribution in [0, 0.1) is 5.92 Å².